The van der Waals surface area contributed by atoms with Gasteiger partial charge in [0.1, 0.15) is 0 Å². The van der Waals surface area contributed by atoms with Gasteiger partial charge in [-0.25, -0.2) is 41.2 Å². The Bertz CT molecular complexity index is 2820. The van der Waals surface area contributed by atoms with Crippen molar-refractivity contribution in [2.45, 2.75) is 42.9 Å². The minimum atomic E-state index is -2.97. The van der Waals surface area contributed by atoms with Crippen LogP contribution in [0.25, 0.3) is 44.3 Å². The van der Waals surface area contributed by atoms with Crippen LogP contribution in [-0.4, -0.2) is 108 Å². The third kappa shape index (κ3) is 11.5. The number of hydrogen-bond acceptors (Lipinski definition) is 16. The van der Waals surface area contributed by atoms with Crippen LogP contribution in [0, 0.1) is 0 Å². The first-order valence-electron chi connectivity index (χ1n) is 19.2. The van der Waals surface area contributed by atoms with E-state index in [0.29, 0.717) is 91.6 Å². The molecule has 8 rings (SSSR count). The number of nitrogen functional groups attached to an aromatic ring is 2. The molecule has 4 aromatic heterocycles. The lowest BCUT2D eigenvalue weighted by Crippen LogP contribution is -2.42. The number of hydrogen-bond donors (Lipinski definition) is 4. The molecule has 0 aliphatic carbocycles. The summed E-state index contributed by atoms with van der Waals surface area (Å²) in [5, 5.41) is 7.82. The first-order chi connectivity index (χ1) is 29.5. The molecule has 18 nitrogen and oxygen atoms in total. The highest BCUT2D eigenvalue weighted by molar-refractivity contribution is 7.98. The van der Waals surface area contributed by atoms with Crippen LogP contribution in [0.3, 0.4) is 0 Å². The number of nitrogens with one attached hydrogen (secondary N) is 1. The van der Waals surface area contributed by atoms with E-state index in [0.717, 1.165) is 35.0 Å². The second-order valence-corrected chi connectivity index (χ2v) is 18.9. The largest absolute Gasteiger partial charge is 0.351 e. The summed E-state index contributed by atoms with van der Waals surface area (Å²) in [6.07, 6.45) is 11.0. The van der Waals surface area contributed by atoms with Gasteiger partial charge in [-0.1, -0.05) is 71.4 Å². The average Bonchev–Trinajstić information content (AvgIpc) is 3.25. The van der Waals surface area contributed by atoms with Gasteiger partial charge in [-0.05, 0) is 56.2 Å². The molecule has 2 aromatic carbocycles. The normalized spacial score (nSPS) is 16.0. The highest BCUT2D eigenvalue weighted by Gasteiger charge is 2.23. The SMILES string of the molecule is CS(=O)(=O)N1CCC(N)CC1.CS(=O)ON1CCC(Nc2ncc3cc(-c4ccccc4Cl)c(=O)n(N)c3n2)CC1.CSc1ncc2cc(-c3ccccc3Cl)c(=O)n(N)c2n1. The number of rotatable bonds is 8. The van der Waals surface area contributed by atoms with Crippen LogP contribution in [0.1, 0.15) is 25.7 Å². The fourth-order valence-electron chi connectivity index (χ4n) is 6.75. The Hall–Kier alpha value is -4.71. The Kier molecular flexibility index (Phi) is 15.6. The molecule has 62 heavy (non-hydrogen) atoms. The lowest BCUT2D eigenvalue weighted by Gasteiger charge is -2.30. The molecule has 6 heterocycles. The standard InChI is InChI=1S/C19H21ClN6O3S.C14H11ClN4OS.C6H14N2O2S/c1-30(28)29-25-8-6-13(7-9-25)23-19-22-11-12-10-15(14-4-2-3-5-16(14)20)18(27)26(21)17(12)24-19;1-21-14-17-7-8-6-10(9-4-2-3-5-11(9)15)13(20)19(16)12(8)18-14;1-11(9,10)8-4-2-6(7)3-5-8/h2-5,10-11,13H,6-9,21H2,1H3,(H,22,23,24);2-7H,16H2,1H3;6H,2-5,7H2,1H3. The Labute approximate surface area is 374 Å². The van der Waals surface area contributed by atoms with Gasteiger partial charge in [-0.15, -0.1) is 0 Å². The average molecular weight is 946 g/mol. The topological polar surface area (TPSA) is 253 Å². The van der Waals surface area contributed by atoms with E-state index < -0.39 is 26.7 Å². The number of pyridine rings is 2. The van der Waals surface area contributed by atoms with Crippen LogP contribution < -0.4 is 33.9 Å². The van der Waals surface area contributed by atoms with E-state index in [1.165, 1.54) is 28.6 Å². The first kappa shape index (κ1) is 46.8. The Morgan fingerprint density at radius 1 is 0.790 bits per heavy atom. The zero-order valence-corrected chi connectivity index (χ0v) is 37.9. The summed E-state index contributed by atoms with van der Waals surface area (Å²) < 4.78 is 41.9. The number of hydroxylamine groups is 2. The summed E-state index contributed by atoms with van der Waals surface area (Å²) in [5.41, 5.74) is 7.67. The quantitative estimate of drug-likeness (QED) is 0.0961. The molecule has 2 saturated heterocycles. The van der Waals surface area contributed by atoms with Gasteiger partial charge in [-0.2, -0.15) is 14.3 Å². The van der Waals surface area contributed by atoms with Crippen LogP contribution in [0.2, 0.25) is 10.0 Å². The molecule has 0 spiro atoms. The van der Waals surface area contributed by atoms with Crippen molar-refractivity contribution < 1.29 is 16.9 Å². The molecule has 6 aromatic rings. The molecule has 1 atom stereocenters. The summed E-state index contributed by atoms with van der Waals surface area (Å²) in [4.78, 5) is 42.6. The van der Waals surface area contributed by atoms with Crippen molar-refractivity contribution in [3.63, 3.8) is 0 Å². The monoisotopic (exact) mass is 944 g/mol. The van der Waals surface area contributed by atoms with E-state index in [9.17, 15) is 22.2 Å². The van der Waals surface area contributed by atoms with Gasteiger partial charge in [-0.3, -0.25) is 9.59 Å². The smallest absolute Gasteiger partial charge is 0.278 e. The molecular weight excluding hydrogens is 900 g/mol. The Morgan fingerprint density at radius 2 is 1.29 bits per heavy atom. The molecule has 2 aliphatic heterocycles. The summed E-state index contributed by atoms with van der Waals surface area (Å²) in [5.74, 6) is 12.3. The molecule has 2 fully saturated rings. The Morgan fingerprint density at radius 3 is 1.77 bits per heavy atom. The van der Waals surface area contributed by atoms with Crippen molar-refractivity contribution in [1.82, 2.24) is 38.7 Å². The lowest BCUT2D eigenvalue weighted by molar-refractivity contribution is -0.0606. The minimum absolute atomic E-state index is 0.132. The third-order valence-corrected chi connectivity index (χ3v) is 12.9. The number of anilines is 1. The van der Waals surface area contributed by atoms with Crippen molar-refractivity contribution in [3.8, 4) is 22.3 Å². The van der Waals surface area contributed by atoms with Gasteiger partial charge in [0, 0.05) is 88.9 Å². The maximum Gasteiger partial charge on any atom is 0.278 e. The van der Waals surface area contributed by atoms with Crippen LogP contribution in [0.4, 0.5) is 5.95 Å². The van der Waals surface area contributed by atoms with E-state index in [-0.39, 0.29) is 17.6 Å². The second-order valence-electron chi connectivity index (χ2n) is 14.4. The van der Waals surface area contributed by atoms with Crippen molar-refractivity contribution in [1.29, 1.82) is 0 Å². The number of sulfonamides is 1. The molecule has 0 saturated carbocycles. The molecule has 0 radical (unpaired) electrons. The molecule has 2 aliphatic rings. The molecule has 7 N–H and O–H groups in total. The highest BCUT2D eigenvalue weighted by atomic mass is 35.5. The van der Waals surface area contributed by atoms with E-state index in [4.69, 9.17) is 44.9 Å². The number of piperidine rings is 2. The van der Waals surface area contributed by atoms with Crippen molar-refractivity contribution >= 4 is 84.1 Å². The number of nitrogens with two attached hydrogens (primary N) is 3. The molecular formula is C39H46Cl2N12O6S3. The van der Waals surface area contributed by atoms with E-state index >= 15 is 0 Å². The van der Waals surface area contributed by atoms with Crippen molar-refractivity contribution in [2.24, 2.45) is 5.73 Å². The van der Waals surface area contributed by atoms with Crippen LogP contribution >= 0.6 is 35.0 Å². The fourth-order valence-corrected chi connectivity index (χ4v) is 8.88. The zero-order valence-electron chi connectivity index (χ0n) is 34.0. The van der Waals surface area contributed by atoms with E-state index in [1.807, 2.05) is 24.5 Å². The highest BCUT2D eigenvalue weighted by Crippen LogP contribution is 2.28. The summed E-state index contributed by atoms with van der Waals surface area (Å²) in [7, 11) is -2.97. The van der Waals surface area contributed by atoms with Gasteiger partial charge in [0.05, 0.1) is 17.4 Å². The van der Waals surface area contributed by atoms with Gasteiger partial charge >= 0.3 is 0 Å². The van der Waals surface area contributed by atoms with Crippen LogP contribution in [0.5, 0.6) is 0 Å². The molecule has 330 valence electrons. The van der Waals surface area contributed by atoms with Crippen molar-refractivity contribution in [2.75, 3.05) is 61.9 Å². The van der Waals surface area contributed by atoms with Crippen LogP contribution in [0.15, 0.2) is 87.8 Å². The number of benzene rings is 2. The number of halogens is 2. The van der Waals surface area contributed by atoms with E-state index in [1.54, 1.807) is 59.9 Å². The zero-order chi connectivity index (χ0) is 44.7. The minimum Gasteiger partial charge on any atom is -0.351 e. The number of fused-ring (bicyclic) bond motifs is 2. The lowest BCUT2D eigenvalue weighted by atomic mass is 10.1. The molecule has 1 unspecified atom stereocenters. The fraction of sp³-hybridized carbons (Fsp3) is 0.333. The maximum atomic E-state index is 12.8. The van der Waals surface area contributed by atoms with Crippen molar-refractivity contribution in [3.05, 3.63) is 104 Å². The summed E-state index contributed by atoms with van der Waals surface area (Å²) >= 11 is 12.5. The second kappa shape index (κ2) is 20.6. The van der Waals surface area contributed by atoms with Gasteiger partial charge < -0.3 is 22.7 Å². The number of aromatic nitrogens is 6. The van der Waals surface area contributed by atoms with E-state index in [2.05, 4.69) is 25.3 Å². The van der Waals surface area contributed by atoms with Crippen LogP contribution in [-0.2, 0) is 25.4 Å². The van der Waals surface area contributed by atoms with Gasteiger partial charge in [0.15, 0.2) is 27.5 Å². The van der Waals surface area contributed by atoms with Gasteiger partial charge in [0.2, 0.25) is 16.0 Å². The number of thioether (sulfide) groups is 1. The predicted octanol–water partition coefficient (Wildman–Crippen LogP) is 3.84. The summed E-state index contributed by atoms with van der Waals surface area (Å²) in [6, 6.07) is 18.0. The molecule has 0 bridgehead atoms. The maximum absolute atomic E-state index is 12.8. The molecule has 0 amide bonds. The first-order valence-corrected chi connectivity index (χ1v) is 24.5. The summed E-state index contributed by atoms with van der Waals surface area (Å²) in [6.45, 7) is 2.46. The molecule has 23 heteroatoms. The Balaban J connectivity index is 0.000000173. The predicted molar refractivity (Wildman–Crippen MR) is 248 cm³/mol. The third-order valence-electron chi connectivity index (χ3n) is 10.00. The van der Waals surface area contributed by atoms with Gasteiger partial charge in [0.25, 0.3) is 11.1 Å². The number of nitrogens with zero attached hydrogens (tertiary/aromatic N) is 8.